The second-order valence-corrected chi connectivity index (χ2v) is 7.37. The molecule has 1 fully saturated rings. The molecule has 0 N–H and O–H groups in total. The molecule has 1 saturated heterocycles. The minimum Gasteiger partial charge on any atom is -0.490 e. The highest BCUT2D eigenvalue weighted by Crippen LogP contribution is 2.28. The SMILES string of the molecule is Cc1cccc(OCC2CO2)c1C(=O)c1cccc(C(C)(C)C)c1. The number of ether oxygens (including phenoxy) is 2. The number of carbonyl (C=O) groups excluding carboxylic acids is 1. The standard InChI is InChI=1S/C21H24O3/c1-14-7-5-10-18(24-13-17-12-23-17)19(14)20(22)15-8-6-9-16(11-15)21(2,3)4/h5-11,17H,12-13H2,1-4H3. The van der Waals surface area contributed by atoms with Crippen molar-refractivity contribution in [2.24, 2.45) is 0 Å². The van der Waals surface area contributed by atoms with Crippen LogP contribution in [-0.4, -0.2) is 25.1 Å². The maximum absolute atomic E-state index is 13.1. The van der Waals surface area contributed by atoms with E-state index in [-0.39, 0.29) is 17.3 Å². The van der Waals surface area contributed by atoms with Crippen molar-refractivity contribution in [3.63, 3.8) is 0 Å². The largest absolute Gasteiger partial charge is 0.490 e. The number of epoxide rings is 1. The van der Waals surface area contributed by atoms with Gasteiger partial charge in [0.15, 0.2) is 5.78 Å². The molecule has 1 heterocycles. The molecule has 24 heavy (non-hydrogen) atoms. The molecule has 0 spiro atoms. The Morgan fingerprint density at radius 1 is 1.21 bits per heavy atom. The Labute approximate surface area is 143 Å². The van der Waals surface area contributed by atoms with Gasteiger partial charge >= 0.3 is 0 Å². The Bertz CT molecular complexity index is 752. The van der Waals surface area contributed by atoms with Gasteiger partial charge in [0, 0.05) is 5.56 Å². The van der Waals surface area contributed by atoms with Crippen LogP contribution in [0.25, 0.3) is 0 Å². The Morgan fingerprint density at radius 2 is 1.92 bits per heavy atom. The number of carbonyl (C=O) groups is 1. The molecule has 0 aromatic heterocycles. The van der Waals surface area contributed by atoms with E-state index in [0.717, 1.165) is 17.7 Å². The molecule has 1 atom stereocenters. The average Bonchev–Trinajstić information content (AvgIpc) is 3.36. The fourth-order valence-electron chi connectivity index (χ4n) is 2.67. The smallest absolute Gasteiger partial charge is 0.197 e. The van der Waals surface area contributed by atoms with Crippen LogP contribution in [0.4, 0.5) is 0 Å². The summed E-state index contributed by atoms with van der Waals surface area (Å²) in [6.45, 7) is 9.62. The Morgan fingerprint density at radius 3 is 2.58 bits per heavy atom. The van der Waals surface area contributed by atoms with Gasteiger partial charge in [0.05, 0.1) is 12.2 Å². The van der Waals surface area contributed by atoms with Crippen molar-refractivity contribution < 1.29 is 14.3 Å². The first kappa shape index (κ1) is 16.7. The van der Waals surface area contributed by atoms with Gasteiger partial charge in [-0.1, -0.05) is 51.1 Å². The Kier molecular flexibility index (Phi) is 4.46. The van der Waals surface area contributed by atoms with E-state index in [1.165, 1.54) is 0 Å². The molecular formula is C21H24O3. The summed E-state index contributed by atoms with van der Waals surface area (Å²) in [5.41, 5.74) is 3.42. The number of benzene rings is 2. The first-order valence-corrected chi connectivity index (χ1v) is 8.35. The molecule has 0 amide bonds. The molecule has 2 aromatic rings. The van der Waals surface area contributed by atoms with Crippen molar-refractivity contribution >= 4 is 5.78 Å². The first-order valence-electron chi connectivity index (χ1n) is 8.35. The summed E-state index contributed by atoms with van der Waals surface area (Å²) < 4.78 is 11.0. The molecule has 0 aliphatic carbocycles. The van der Waals surface area contributed by atoms with Crippen LogP contribution in [0, 0.1) is 6.92 Å². The van der Waals surface area contributed by atoms with Gasteiger partial charge in [-0.25, -0.2) is 0 Å². The van der Waals surface area contributed by atoms with Crippen molar-refractivity contribution in [2.75, 3.05) is 13.2 Å². The molecule has 0 radical (unpaired) electrons. The molecule has 0 bridgehead atoms. The maximum atomic E-state index is 13.1. The van der Waals surface area contributed by atoms with E-state index in [0.29, 0.717) is 23.5 Å². The van der Waals surface area contributed by atoms with Crippen molar-refractivity contribution in [1.82, 2.24) is 0 Å². The normalized spacial score (nSPS) is 16.8. The first-order chi connectivity index (χ1) is 11.4. The highest BCUT2D eigenvalue weighted by Gasteiger charge is 2.25. The van der Waals surface area contributed by atoms with Gasteiger partial charge in [-0.15, -0.1) is 0 Å². The molecule has 3 heteroatoms. The summed E-state index contributed by atoms with van der Waals surface area (Å²) >= 11 is 0. The molecule has 0 saturated carbocycles. The number of aryl methyl sites for hydroxylation is 1. The third-order valence-electron chi connectivity index (χ3n) is 4.28. The van der Waals surface area contributed by atoms with E-state index in [2.05, 4.69) is 26.8 Å². The lowest BCUT2D eigenvalue weighted by molar-refractivity contribution is 0.103. The summed E-state index contributed by atoms with van der Waals surface area (Å²) in [5, 5.41) is 0. The molecule has 126 valence electrons. The maximum Gasteiger partial charge on any atom is 0.197 e. The monoisotopic (exact) mass is 324 g/mol. The third-order valence-corrected chi connectivity index (χ3v) is 4.28. The van der Waals surface area contributed by atoms with Gasteiger partial charge in [0.2, 0.25) is 0 Å². The van der Waals surface area contributed by atoms with Crippen LogP contribution in [0.1, 0.15) is 47.8 Å². The number of hydrogen-bond acceptors (Lipinski definition) is 3. The van der Waals surface area contributed by atoms with Crippen molar-refractivity contribution in [2.45, 2.75) is 39.2 Å². The molecule has 2 aromatic carbocycles. The van der Waals surface area contributed by atoms with Crippen LogP contribution in [0.15, 0.2) is 42.5 Å². The topological polar surface area (TPSA) is 38.8 Å². The average molecular weight is 324 g/mol. The minimum atomic E-state index is 0.00463. The number of rotatable bonds is 5. The second-order valence-electron chi connectivity index (χ2n) is 7.37. The predicted octanol–water partition coefficient (Wildman–Crippen LogP) is 4.30. The van der Waals surface area contributed by atoms with E-state index in [1.807, 2.05) is 43.3 Å². The van der Waals surface area contributed by atoms with Gasteiger partial charge in [-0.05, 0) is 35.6 Å². The van der Waals surface area contributed by atoms with Gasteiger partial charge in [-0.3, -0.25) is 4.79 Å². The van der Waals surface area contributed by atoms with E-state index >= 15 is 0 Å². The lowest BCUT2D eigenvalue weighted by Gasteiger charge is -2.20. The molecule has 1 aliphatic heterocycles. The van der Waals surface area contributed by atoms with Crippen molar-refractivity contribution in [1.29, 1.82) is 0 Å². The summed E-state index contributed by atoms with van der Waals surface area (Å²) in [7, 11) is 0. The van der Waals surface area contributed by atoms with Crippen LogP contribution in [0.2, 0.25) is 0 Å². The lowest BCUT2D eigenvalue weighted by atomic mass is 9.85. The number of ketones is 1. The van der Waals surface area contributed by atoms with E-state index in [1.54, 1.807) is 0 Å². The third kappa shape index (κ3) is 3.68. The van der Waals surface area contributed by atoms with Crippen LogP contribution < -0.4 is 4.74 Å². The molecule has 1 unspecified atom stereocenters. The Balaban J connectivity index is 1.94. The minimum absolute atomic E-state index is 0.00463. The summed E-state index contributed by atoms with van der Waals surface area (Å²) in [6, 6.07) is 13.6. The summed E-state index contributed by atoms with van der Waals surface area (Å²) in [5.74, 6) is 0.641. The number of hydrogen-bond donors (Lipinski definition) is 0. The van der Waals surface area contributed by atoms with Crippen molar-refractivity contribution in [3.8, 4) is 5.75 Å². The highest BCUT2D eigenvalue weighted by atomic mass is 16.6. The zero-order valence-electron chi connectivity index (χ0n) is 14.8. The van der Waals surface area contributed by atoms with Crippen molar-refractivity contribution in [3.05, 3.63) is 64.7 Å². The van der Waals surface area contributed by atoms with Crippen LogP contribution in [0.5, 0.6) is 5.75 Å². The van der Waals surface area contributed by atoms with Gasteiger partial charge in [0.25, 0.3) is 0 Å². The van der Waals surface area contributed by atoms with E-state index in [9.17, 15) is 4.79 Å². The van der Waals surface area contributed by atoms with Gasteiger partial charge in [-0.2, -0.15) is 0 Å². The van der Waals surface area contributed by atoms with E-state index in [4.69, 9.17) is 9.47 Å². The molecule has 1 aliphatic rings. The Hall–Kier alpha value is -2.13. The molecule has 3 nitrogen and oxygen atoms in total. The molecular weight excluding hydrogens is 300 g/mol. The quantitative estimate of drug-likeness (QED) is 0.608. The fraction of sp³-hybridized carbons (Fsp3) is 0.381. The fourth-order valence-corrected chi connectivity index (χ4v) is 2.67. The highest BCUT2D eigenvalue weighted by molar-refractivity contribution is 6.11. The lowest BCUT2D eigenvalue weighted by Crippen LogP contribution is -2.14. The zero-order valence-corrected chi connectivity index (χ0v) is 14.8. The van der Waals surface area contributed by atoms with Gasteiger partial charge in [0.1, 0.15) is 18.5 Å². The summed E-state index contributed by atoms with van der Waals surface area (Å²) in [6.07, 6.45) is 0.165. The van der Waals surface area contributed by atoms with Crippen LogP contribution in [-0.2, 0) is 10.2 Å². The van der Waals surface area contributed by atoms with Crippen LogP contribution in [0.3, 0.4) is 0 Å². The zero-order chi connectivity index (χ0) is 17.3. The predicted molar refractivity (Wildman–Crippen MR) is 95.0 cm³/mol. The van der Waals surface area contributed by atoms with Crippen LogP contribution >= 0.6 is 0 Å². The van der Waals surface area contributed by atoms with Gasteiger partial charge < -0.3 is 9.47 Å². The second kappa shape index (κ2) is 6.40. The van der Waals surface area contributed by atoms with E-state index < -0.39 is 0 Å². The summed E-state index contributed by atoms with van der Waals surface area (Å²) in [4.78, 5) is 13.1. The molecule has 3 rings (SSSR count).